The summed E-state index contributed by atoms with van der Waals surface area (Å²) in [5.74, 6) is 0.112. The molecule has 0 saturated heterocycles. The average Bonchev–Trinajstić information content (AvgIpc) is 2.42. The van der Waals surface area contributed by atoms with Gasteiger partial charge in [-0.2, -0.15) is 9.37 Å². The molecule has 2 rings (SSSR count). The summed E-state index contributed by atoms with van der Waals surface area (Å²) in [4.78, 5) is 7.33. The fourth-order valence-corrected chi connectivity index (χ4v) is 1.74. The van der Waals surface area contributed by atoms with Crippen molar-refractivity contribution in [3.8, 4) is 11.6 Å². The van der Waals surface area contributed by atoms with Crippen LogP contribution < -0.4 is 10.5 Å². The minimum atomic E-state index is -0.631. The number of hydrogen-bond acceptors (Lipinski definition) is 4. The first kappa shape index (κ1) is 13.3. The van der Waals surface area contributed by atoms with Crippen molar-refractivity contribution >= 4 is 5.95 Å². The largest absolute Gasteiger partial charge is 0.436 e. The summed E-state index contributed by atoms with van der Waals surface area (Å²) in [7, 11) is 0. The molecule has 1 heterocycles. The Balaban J connectivity index is 2.35. The predicted octanol–water partition coefficient (Wildman–Crippen LogP) is 3.50. The number of halogens is 1. The maximum Gasteiger partial charge on any atom is 0.260 e. The minimum absolute atomic E-state index is 0.0163. The van der Waals surface area contributed by atoms with Gasteiger partial charge >= 0.3 is 0 Å². The highest BCUT2D eigenvalue weighted by molar-refractivity contribution is 5.39. The van der Waals surface area contributed by atoms with E-state index in [2.05, 4.69) is 23.8 Å². The summed E-state index contributed by atoms with van der Waals surface area (Å²) < 4.78 is 19.1. The van der Waals surface area contributed by atoms with Crippen LogP contribution in [0.4, 0.5) is 10.3 Å². The number of hydrogen-bond donors (Lipinski definition) is 1. The van der Waals surface area contributed by atoms with Gasteiger partial charge in [0.1, 0.15) is 5.75 Å². The lowest BCUT2D eigenvalue weighted by molar-refractivity contribution is 0.414. The average molecular weight is 261 g/mol. The van der Waals surface area contributed by atoms with Gasteiger partial charge in [-0.3, -0.25) is 0 Å². The van der Waals surface area contributed by atoms with Crippen LogP contribution in [0.1, 0.15) is 31.7 Å². The zero-order valence-corrected chi connectivity index (χ0v) is 10.9. The van der Waals surface area contributed by atoms with E-state index in [1.807, 2.05) is 18.2 Å². The second kappa shape index (κ2) is 5.65. The van der Waals surface area contributed by atoms with Gasteiger partial charge in [-0.05, 0) is 24.0 Å². The Bertz CT molecular complexity index is 574. The highest BCUT2D eigenvalue weighted by Gasteiger charge is 2.13. The molecule has 0 spiro atoms. The third kappa shape index (κ3) is 2.99. The molecule has 1 unspecified atom stereocenters. The fraction of sp³-hybridized carbons (Fsp3) is 0.286. The molecule has 1 atom stereocenters. The van der Waals surface area contributed by atoms with Crippen LogP contribution in [-0.2, 0) is 0 Å². The van der Waals surface area contributed by atoms with E-state index in [0.717, 1.165) is 18.2 Å². The Morgan fingerprint density at radius 3 is 2.84 bits per heavy atom. The van der Waals surface area contributed by atoms with E-state index >= 15 is 0 Å². The summed E-state index contributed by atoms with van der Waals surface area (Å²) in [5, 5.41) is 0. The number of anilines is 1. The molecule has 100 valence electrons. The third-order valence-corrected chi connectivity index (χ3v) is 3.00. The van der Waals surface area contributed by atoms with Crippen LogP contribution in [0.3, 0.4) is 0 Å². The summed E-state index contributed by atoms with van der Waals surface area (Å²) >= 11 is 0. The van der Waals surface area contributed by atoms with E-state index < -0.39 is 5.82 Å². The molecule has 1 aromatic heterocycles. The van der Waals surface area contributed by atoms with Crippen molar-refractivity contribution in [2.24, 2.45) is 0 Å². The number of nitrogens with zero attached hydrogens (tertiary/aromatic N) is 2. The van der Waals surface area contributed by atoms with E-state index in [-0.39, 0.29) is 11.8 Å². The monoisotopic (exact) mass is 261 g/mol. The Labute approximate surface area is 111 Å². The maximum atomic E-state index is 13.6. The van der Waals surface area contributed by atoms with Crippen molar-refractivity contribution in [1.82, 2.24) is 9.97 Å². The fourth-order valence-electron chi connectivity index (χ4n) is 1.74. The van der Waals surface area contributed by atoms with E-state index in [4.69, 9.17) is 10.5 Å². The molecule has 2 aromatic rings. The van der Waals surface area contributed by atoms with Crippen LogP contribution >= 0.6 is 0 Å². The molecule has 0 bridgehead atoms. The minimum Gasteiger partial charge on any atom is -0.436 e. The highest BCUT2D eigenvalue weighted by atomic mass is 19.1. The van der Waals surface area contributed by atoms with Crippen molar-refractivity contribution in [3.05, 3.63) is 41.8 Å². The van der Waals surface area contributed by atoms with Gasteiger partial charge in [0.2, 0.25) is 11.8 Å². The molecule has 0 fully saturated rings. The van der Waals surface area contributed by atoms with Crippen molar-refractivity contribution in [3.63, 3.8) is 0 Å². The van der Waals surface area contributed by atoms with Crippen molar-refractivity contribution in [1.29, 1.82) is 0 Å². The van der Waals surface area contributed by atoms with E-state index in [9.17, 15) is 4.39 Å². The Hall–Kier alpha value is -2.17. The number of nitrogens with two attached hydrogens (primary N) is 1. The van der Waals surface area contributed by atoms with Crippen LogP contribution in [-0.4, -0.2) is 9.97 Å². The zero-order valence-electron chi connectivity index (χ0n) is 10.9. The molecule has 0 amide bonds. The Kier molecular flexibility index (Phi) is 3.94. The first-order valence-electron chi connectivity index (χ1n) is 6.16. The Morgan fingerprint density at radius 2 is 2.11 bits per heavy atom. The first-order chi connectivity index (χ1) is 9.11. The molecular weight excluding hydrogens is 245 g/mol. The molecule has 19 heavy (non-hydrogen) atoms. The van der Waals surface area contributed by atoms with Gasteiger partial charge in [0.15, 0.2) is 0 Å². The molecular formula is C14H16FN3O. The number of ether oxygens (including phenoxy) is 1. The summed E-state index contributed by atoms with van der Waals surface area (Å²) in [6, 6.07) is 7.52. The second-order valence-corrected chi connectivity index (χ2v) is 4.33. The van der Waals surface area contributed by atoms with Gasteiger partial charge in [0, 0.05) is 0 Å². The quantitative estimate of drug-likeness (QED) is 0.915. The lowest BCUT2D eigenvalue weighted by atomic mass is 9.98. The molecule has 0 aliphatic rings. The number of nitrogen functional groups attached to an aromatic ring is 1. The normalized spacial score (nSPS) is 12.2. The first-order valence-corrected chi connectivity index (χ1v) is 6.16. The molecule has 0 radical (unpaired) electrons. The topological polar surface area (TPSA) is 61.0 Å². The molecule has 1 aromatic carbocycles. The summed E-state index contributed by atoms with van der Waals surface area (Å²) in [6.45, 7) is 4.18. The molecule has 0 saturated carbocycles. The van der Waals surface area contributed by atoms with Gasteiger partial charge in [-0.1, -0.05) is 32.0 Å². The van der Waals surface area contributed by atoms with Crippen molar-refractivity contribution in [2.75, 3.05) is 5.73 Å². The molecule has 0 aliphatic carbocycles. The van der Waals surface area contributed by atoms with Crippen LogP contribution in [0, 0.1) is 5.82 Å². The number of rotatable bonds is 4. The van der Waals surface area contributed by atoms with Crippen LogP contribution in [0.15, 0.2) is 30.5 Å². The van der Waals surface area contributed by atoms with Crippen LogP contribution in [0.25, 0.3) is 0 Å². The number of aromatic nitrogens is 2. The standard InChI is InChI=1S/C14H16FN3O/c1-3-9(2)10-6-4-5-7-12(10)19-13-11(15)8-17-14(16)18-13/h4-9H,3H2,1-2H3,(H2,16,17,18). The SMILES string of the molecule is CCC(C)c1ccccc1Oc1nc(N)ncc1F. The van der Waals surface area contributed by atoms with E-state index in [1.165, 1.54) is 0 Å². The van der Waals surface area contributed by atoms with E-state index in [1.54, 1.807) is 6.07 Å². The summed E-state index contributed by atoms with van der Waals surface area (Å²) in [5.41, 5.74) is 6.45. The van der Waals surface area contributed by atoms with Crippen molar-refractivity contribution < 1.29 is 9.13 Å². The third-order valence-electron chi connectivity index (χ3n) is 3.00. The molecule has 4 nitrogen and oxygen atoms in total. The highest BCUT2D eigenvalue weighted by Crippen LogP contribution is 2.32. The van der Waals surface area contributed by atoms with Gasteiger partial charge in [-0.25, -0.2) is 4.98 Å². The number of benzene rings is 1. The smallest absolute Gasteiger partial charge is 0.260 e. The zero-order chi connectivity index (χ0) is 13.8. The van der Waals surface area contributed by atoms with Gasteiger partial charge in [0.25, 0.3) is 5.88 Å². The van der Waals surface area contributed by atoms with Gasteiger partial charge in [-0.15, -0.1) is 0 Å². The van der Waals surface area contributed by atoms with E-state index in [0.29, 0.717) is 11.7 Å². The number of para-hydroxylation sites is 1. The van der Waals surface area contributed by atoms with Gasteiger partial charge in [0.05, 0.1) is 6.20 Å². The lowest BCUT2D eigenvalue weighted by Gasteiger charge is -2.15. The molecule has 2 N–H and O–H groups in total. The maximum absolute atomic E-state index is 13.6. The van der Waals surface area contributed by atoms with Crippen LogP contribution in [0.5, 0.6) is 11.6 Å². The van der Waals surface area contributed by atoms with Crippen LogP contribution in [0.2, 0.25) is 0 Å². The summed E-state index contributed by atoms with van der Waals surface area (Å²) in [6.07, 6.45) is 1.97. The lowest BCUT2D eigenvalue weighted by Crippen LogP contribution is -2.01. The molecule has 5 heteroatoms. The second-order valence-electron chi connectivity index (χ2n) is 4.33. The molecule has 0 aliphatic heterocycles. The van der Waals surface area contributed by atoms with Gasteiger partial charge < -0.3 is 10.5 Å². The predicted molar refractivity (Wildman–Crippen MR) is 71.6 cm³/mol. The van der Waals surface area contributed by atoms with Crippen molar-refractivity contribution in [2.45, 2.75) is 26.2 Å². The Morgan fingerprint density at radius 1 is 1.37 bits per heavy atom.